The van der Waals surface area contributed by atoms with E-state index in [-0.39, 0.29) is 57.1 Å². The van der Waals surface area contributed by atoms with Gasteiger partial charge < -0.3 is 5.11 Å². The zero-order valence-electron chi connectivity index (χ0n) is 8.22. The maximum absolute atomic E-state index is 11.0. The van der Waals surface area contributed by atoms with E-state index in [9.17, 15) is 5.11 Å². The molecule has 2 heteroatoms. The number of benzene rings is 1. The van der Waals surface area contributed by atoms with Crippen molar-refractivity contribution in [2.45, 2.75) is 26.7 Å². The average Bonchev–Trinajstić information content (AvgIpc) is 1.85. The Morgan fingerprint density at radius 2 is 1.75 bits per heavy atom. The minimum Gasteiger partial charge on any atom is -0.872 e. The first-order chi connectivity index (χ1) is 5.09. The van der Waals surface area contributed by atoms with Crippen molar-refractivity contribution in [1.29, 1.82) is 0 Å². The van der Waals surface area contributed by atoms with Crippen LogP contribution in [0, 0.1) is 6.92 Å². The van der Waals surface area contributed by atoms with Crippen LogP contribution in [0.25, 0.3) is 0 Å². The molecule has 0 saturated carbocycles. The van der Waals surface area contributed by atoms with Crippen molar-refractivity contribution in [3.63, 3.8) is 0 Å². The number of aryl methyl sites for hydroxylation is 1. The quantitative estimate of drug-likeness (QED) is 0.529. The summed E-state index contributed by atoms with van der Waals surface area (Å²) in [4.78, 5) is 0. The number of hydrogen-bond acceptors (Lipinski definition) is 1. The normalized spacial score (nSPS) is 9.67. The summed E-state index contributed by atoms with van der Waals surface area (Å²) in [6.45, 7) is 6.13. The molecule has 0 radical (unpaired) electrons. The second kappa shape index (κ2) is 5.40. The molecule has 0 aliphatic carbocycles. The van der Waals surface area contributed by atoms with Crippen molar-refractivity contribution in [2.24, 2.45) is 0 Å². The van der Waals surface area contributed by atoms with Crippen molar-refractivity contribution < 1.29 is 56.5 Å². The van der Waals surface area contributed by atoms with Crippen molar-refractivity contribution in [3.8, 4) is 5.75 Å². The summed E-state index contributed by atoms with van der Waals surface area (Å²) >= 11 is 0. The van der Waals surface area contributed by atoms with Crippen molar-refractivity contribution in [1.82, 2.24) is 0 Å². The van der Waals surface area contributed by atoms with Crippen molar-refractivity contribution in [2.75, 3.05) is 0 Å². The van der Waals surface area contributed by atoms with E-state index in [0.29, 0.717) is 5.92 Å². The number of hydrogen-bond donors (Lipinski definition) is 0. The van der Waals surface area contributed by atoms with Gasteiger partial charge in [-0.3, -0.25) is 0 Å². The van der Waals surface area contributed by atoms with E-state index in [4.69, 9.17) is 0 Å². The van der Waals surface area contributed by atoms with Gasteiger partial charge in [0.05, 0.1) is 0 Å². The van der Waals surface area contributed by atoms with Gasteiger partial charge in [-0.05, 0) is 18.4 Å². The predicted molar refractivity (Wildman–Crippen MR) is 44.7 cm³/mol. The van der Waals surface area contributed by atoms with Crippen LogP contribution < -0.4 is 56.5 Å². The molecule has 0 saturated heterocycles. The molecule has 1 aromatic carbocycles. The van der Waals surface area contributed by atoms with Crippen LogP contribution in [0.4, 0.5) is 0 Å². The minimum absolute atomic E-state index is 0. The van der Waals surface area contributed by atoms with Crippen LogP contribution in [-0.4, -0.2) is 0 Å². The molecule has 0 amide bonds. The maximum Gasteiger partial charge on any atom is 1.00 e. The Labute approximate surface area is 117 Å². The van der Waals surface area contributed by atoms with E-state index in [2.05, 4.69) is 19.9 Å². The molecule has 0 aromatic heterocycles. The third-order valence-electron chi connectivity index (χ3n) is 1.74. The van der Waals surface area contributed by atoms with E-state index in [1.807, 2.05) is 6.92 Å². The van der Waals surface area contributed by atoms with Crippen LogP contribution in [0.1, 0.15) is 30.9 Å². The Hall–Kier alpha value is 0.656. The van der Waals surface area contributed by atoms with Crippen molar-refractivity contribution >= 4 is 0 Å². The van der Waals surface area contributed by atoms with Gasteiger partial charge in [0, 0.05) is 0 Å². The van der Waals surface area contributed by atoms with Crippen LogP contribution >= 0.6 is 0 Å². The fraction of sp³-hybridized carbons (Fsp3) is 0.400. The van der Waals surface area contributed by atoms with Gasteiger partial charge in [-0.25, -0.2) is 0 Å². The molecule has 0 N–H and O–H groups in total. The van der Waals surface area contributed by atoms with Gasteiger partial charge in [0.1, 0.15) is 0 Å². The van der Waals surface area contributed by atoms with Crippen LogP contribution in [0.3, 0.4) is 0 Å². The summed E-state index contributed by atoms with van der Waals surface area (Å²) in [6.07, 6.45) is 0. The van der Waals surface area contributed by atoms with Gasteiger partial charge in [0.15, 0.2) is 0 Å². The minimum atomic E-state index is 0. The summed E-state index contributed by atoms with van der Waals surface area (Å²) in [5, 5.41) is 11.0. The number of rotatable bonds is 1. The van der Waals surface area contributed by atoms with Gasteiger partial charge in [0.25, 0.3) is 0 Å². The van der Waals surface area contributed by atoms with Crippen LogP contribution in [0.5, 0.6) is 5.75 Å². The second-order valence-corrected chi connectivity index (χ2v) is 3.23. The van der Waals surface area contributed by atoms with Gasteiger partial charge in [0.2, 0.25) is 0 Å². The zero-order valence-corrected chi connectivity index (χ0v) is 11.3. The third-order valence-corrected chi connectivity index (χ3v) is 1.74. The van der Waals surface area contributed by atoms with E-state index in [1.165, 1.54) is 0 Å². The molecule has 1 nitrogen and oxygen atoms in total. The summed E-state index contributed by atoms with van der Waals surface area (Å²) in [7, 11) is 0. The Balaban J connectivity index is 0.00000121. The molecular weight excluding hydrogens is 175 g/mol. The molecular formula is C10H13KO. The van der Waals surface area contributed by atoms with Gasteiger partial charge in [-0.15, -0.1) is 5.75 Å². The third kappa shape index (κ3) is 3.58. The van der Waals surface area contributed by atoms with Gasteiger partial charge in [-0.2, -0.15) is 0 Å². The van der Waals surface area contributed by atoms with Gasteiger partial charge in [-0.1, -0.05) is 37.6 Å². The summed E-state index contributed by atoms with van der Waals surface area (Å²) < 4.78 is 0. The Morgan fingerprint density at radius 3 is 2.17 bits per heavy atom. The molecule has 12 heavy (non-hydrogen) atoms. The molecule has 0 heterocycles. The van der Waals surface area contributed by atoms with E-state index >= 15 is 0 Å². The fourth-order valence-electron chi connectivity index (χ4n) is 1.11. The Morgan fingerprint density at radius 1 is 1.17 bits per heavy atom. The summed E-state index contributed by atoms with van der Waals surface area (Å²) in [5.74, 6) is 0.566. The molecule has 0 aliphatic rings. The predicted octanol–water partition coefficient (Wildman–Crippen LogP) is -0.804. The molecule has 0 aliphatic heterocycles. The molecule has 0 bridgehead atoms. The summed E-state index contributed by atoms with van der Waals surface area (Å²) in [5.41, 5.74) is 2.19. The SMILES string of the molecule is Cc1cc([O-])cc(C(C)C)c1.[K+]. The smallest absolute Gasteiger partial charge is 0.872 e. The molecule has 0 unspecified atom stereocenters. The summed E-state index contributed by atoms with van der Waals surface area (Å²) in [6, 6.07) is 5.43. The van der Waals surface area contributed by atoms with Crippen molar-refractivity contribution in [3.05, 3.63) is 29.3 Å². The zero-order chi connectivity index (χ0) is 8.43. The molecule has 0 atom stereocenters. The average molecular weight is 188 g/mol. The van der Waals surface area contributed by atoms with E-state index in [1.54, 1.807) is 12.1 Å². The first-order valence-electron chi connectivity index (χ1n) is 3.88. The fourth-order valence-corrected chi connectivity index (χ4v) is 1.11. The molecule has 0 spiro atoms. The standard InChI is InChI=1S/C10H14O.K/c1-7(2)9-4-8(3)5-10(11)6-9;/h4-7,11H,1-3H3;/q;+1/p-1. The van der Waals surface area contributed by atoms with Crippen LogP contribution in [0.15, 0.2) is 18.2 Å². The monoisotopic (exact) mass is 188 g/mol. The Bertz CT molecular complexity index is 236. The first-order valence-corrected chi connectivity index (χ1v) is 3.88. The van der Waals surface area contributed by atoms with E-state index < -0.39 is 0 Å². The second-order valence-electron chi connectivity index (χ2n) is 3.23. The van der Waals surface area contributed by atoms with Gasteiger partial charge >= 0.3 is 51.4 Å². The Kier molecular flexibility index (Phi) is 5.70. The van der Waals surface area contributed by atoms with Crippen LogP contribution in [0.2, 0.25) is 0 Å². The molecule has 1 aromatic rings. The topological polar surface area (TPSA) is 23.1 Å². The molecule has 0 fully saturated rings. The van der Waals surface area contributed by atoms with Crippen LogP contribution in [-0.2, 0) is 0 Å². The largest absolute Gasteiger partial charge is 1.00 e. The maximum atomic E-state index is 11.0. The molecule has 1 rings (SSSR count). The molecule has 60 valence electrons. The van der Waals surface area contributed by atoms with E-state index in [0.717, 1.165) is 11.1 Å². The first kappa shape index (κ1) is 12.7.